The number of carboxylic acids is 1. The molecule has 1 aromatic carbocycles. The standard InChI is InChI=1S/C15H18FNO3/c1-10(18)17(12-7-8-12)15(2,14(19)20)9-11-5-3-4-6-13(11)16/h3-6,12H,7-9H2,1-2H3,(H,19,20). The fraction of sp³-hybridized carbons (Fsp3) is 0.467. The zero-order valence-corrected chi connectivity index (χ0v) is 11.6. The van der Waals surface area contributed by atoms with E-state index in [9.17, 15) is 19.1 Å². The Kier molecular flexibility index (Phi) is 3.79. The van der Waals surface area contributed by atoms with E-state index in [0.717, 1.165) is 12.8 Å². The van der Waals surface area contributed by atoms with Crippen LogP contribution in [0.4, 0.5) is 4.39 Å². The highest BCUT2D eigenvalue weighted by molar-refractivity contribution is 5.86. The van der Waals surface area contributed by atoms with Crippen LogP contribution < -0.4 is 0 Å². The van der Waals surface area contributed by atoms with Gasteiger partial charge in [-0.15, -0.1) is 0 Å². The van der Waals surface area contributed by atoms with Crippen molar-refractivity contribution in [2.45, 2.75) is 44.7 Å². The molecule has 0 heterocycles. The van der Waals surface area contributed by atoms with Gasteiger partial charge in [-0.1, -0.05) is 18.2 Å². The molecule has 0 radical (unpaired) electrons. The topological polar surface area (TPSA) is 57.6 Å². The second-order valence-corrected chi connectivity index (χ2v) is 5.47. The van der Waals surface area contributed by atoms with E-state index in [1.165, 1.54) is 24.8 Å². The number of hydrogen-bond donors (Lipinski definition) is 1. The highest BCUT2D eigenvalue weighted by Gasteiger charge is 2.48. The third-order valence-electron chi connectivity index (χ3n) is 3.74. The van der Waals surface area contributed by atoms with Crippen LogP contribution in [-0.2, 0) is 16.0 Å². The molecule has 0 saturated heterocycles. The predicted octanol–water partition coefficient (Wildman–Crippen LogP) is 2.22. The molecule has 1 aliphatic carbocycles. The summed E-state index contributed by atoms with van der Waals surface area (Å²) in [4.78, 5) is 24.9. The second-order valence-electron chi connectivity index (χ2n) is 5.47. The maximum atomic E-state index is 13.8. The lowest BCUT2D eigenvalue weighted by Gasteiger charge is -2.38. The molecule has 4 nitrogen and oxygen atoms in total. The molecule has 1 fully saturated rings. The average molecular weight is 279 g/mol. The Morgan fingerprint density at radius 2 is 2.00 bits per heavy atom. The molecule has 0 spiro atoms. The normalized spacial score (nSPS) is 17.4. The van der Waals surface area contributed by atoms with Gasteiger partial charge >= 0.3 is 5.97 Å². The van der Waals surface area contributed by atoms with Gasteiger partial charge in [0.2, 0.25) is 5.91 Å². The Morgan fingerprint density at radius 3 is 2.45 bits per heavy atom. The molecule has 1 atom stereocenters. The molecule has 0 aliphatic heterocycles. The summed E-state index contributed by atoms with van der Waals surface area (Å²) < 4.78 is 13.8. The van der Waals surface area contributed by atoms with Gasteiger partial charge < -0.3 is 10.0 Å². The molecule has 20 heavy (non-hydrogen) atoms. The molecule has 2 rings (SSSR count). The first-order valence-corrected chi connectivity index (χ1v) is 6.63. The summed E-state index contributed by atoms with van der Waals surface area (Å²) in [6.07, 6.45) is 1.57. The number of halogens is 1. The maximum absolute atomic E-state index is 13.8. The van der Waals surface area contributed by atoms with Gasteiger partial charge in [-0.2, -0.15) is 0 Å². The summed E-state index contributed by atoms with van der Waals surface area (Å²) in [6, 6.07) is 6.03. The summed E-state index contributed by atoms with van der Waals surface area (Å²) in [6.45, 7) is 2.85. The fourth-order valence-electron chi connectivity index (χ4n) is 2.62. The van der Waals surface area contributed by atoms with Crippen molar-refractivity contribution < 1.29 is 19.1 Å². The number of carbonyl (C=O) groups is 2. The van der Waals surface area contributed by atoms with Crippen molar-refractivity contribution in [3.05, 3.63) is 35.6 Å². The molecular formula is C15H18FNO3. The summed E-state index contributed by atoms with van der Waals surface area (Å²) in [7, 11) is 0. The number of aliphatic carboxylic acids is 1. The van der Waals surface area contributed by atoms with Gasteiger partial charge in [-0.3, -0.25) is 4.79 Å². The van der Waals surface area contributed by atoms with Crippen molar-refractivity contribution in [1.82, 2.24) is 4.90 Å². The molecule has 1 aromatic rings. The van der Waals surface area contributed by atoms with Gasteiger partial charge in [-0.25, -0.2) is 9.18 Å². The summed E-state index contributed by atoms with van der Waals surface area (Å²) in [5.41, 5.74) is -1.11. The molecule has 0 bridgehead atoms. The van der Waals surface area contributed by atoms with Crippen molar-refractivity contribution in [2.75, 3.05) is 0 Å². The van der Waals surface area contributed by atoms with Gasteiger partial charge in [-0.05, 0) is 31.4 Å². The number of nitrogens with zero attached hydrogens (tertiary/aromatic N) is 1. The van der Waals surface area contributed by atoms with E-state index in [4.69, 9.17) is 0 Å². The number of hydrogen-bond acceptors (Lipinski definition) is 2. The third-order valence-corrected chi connectivity index (χ3v) is 3.74. The first-order valence-electron chi connectivity index (χ1n) is 6.63. The van der Waals surface area contributed by atoms with E-state index in [-0.39, 0.29) is 18.4 Å². The summed E-state index contributed by atoms with van der Waals surface area (Å²) in [5, 5.41) is 9.56. The van der Waals surface area contributed by atoms with Gasteiger partial charge in [0.1, 0.15) is 11.4 Å². The Hall–Kier alpha value is -1.91. The number of amides is 1. The largest absolute Gasteiger partial charge is 0.479 e. The minimum atomic E-state index is -1.42. The van der Waals surface area contributed by atoms with Crippen LogP contribution in [0.2, 0.25) is 0 Å². The Bertz CT molecular complexity index is 542. The smallest absolute Gasteiger partial charge is 0.329 e. The zero-order chi connectivity index (χ0) is 14.9. The van der Waals surface area contributed by atoms with Crippen LogP contribution in [0.3, 0.4) is 0 Å². The first kappa shape index (κ1) is 14.5. The van der Waals surface area contributed by atoms with Crippen LogP contribution in [0.5, 0.6) is 0 Å². The third kappa shape index (κ3) is 2.66. The quantitative estimate of drug-likeness (QED) is 0.899. The molecule has 1 unspecified atom stereocenters. The van der Waals surface area contributed by atoms with Crippen LogP contribution >= 0.6 is 0 Å². The van der Waals surface area contributed by atoms with E-state index < -0.39 is 17.3 Å². The Labute approximate surface area is 117 Å². The van der Waals surface area contributed by atoms with Crippen LogP contribution in [0.1, 0.15) is 32.3 Å². The molecule has 1 saturated carbocycles. The van der Waals surface area contributed by atoms with E-state index >= 15 is 0 Å². The number of benzene rings is 1. The van der Waals surface area contributed by atoms with Gasteiger partial charge in [0.15, 0.2) is 0 Å². The van der Waals surface area contributed by atoms with Crippen molar-refractivity contribution in [3.63, 3.8) is 0 Å². The van der Waals surface area contributed by atoms with Crippen molar-refractivity contribution in [2.24, 2.45) is 0 Å². The molecule has 1 aliphatic rings. The van der Waals surface area contributed by atoms with Crippen molar-refractivity contribution >= 4 is 11.9 Å². The highest BCUT2D eigenvalue weighted by atomic mass is 19.1. The average Bonchev–Trinajstić information content (AvgIpc) is 3.16. The van der Waals surface area contributed by atoms with Crippen LogP contribution in [0, 0.1) is 5.82 Å². The van der Waals surface area contributed by atoms with E-state index in [1.807, 2.05) is 0 Å². The van der Waals surface area contributed by atoms with E-state index in [1.54, 1.807) is 18.2 Å². The van der Waals surface area contributed by atoms with Crippen molar-refractivity contribution in [3.8, 4) is 0 Å². The van der Waals surface area contributed by atoms with E-state index in [0.29, 0.717) is 5.56 Å². The Morgan fingerprint density at radius 1 is 1.40 bits per heavy atom. The molecule has 108 valence electrons. The van der Waals surface area contributed by atoms with Crippen molar-refractivity contribution in [1.29, 1.82) is 0 Å². The lowest BCUT2D eigenvalue weighted by Crippen LogP contribution is -2.57. The minimum absolute atomic E-state index is 0.0366. The first-order chi connectivity index (χ1) is 9.36. The number of carbonyl (C=O) groups excluding carboxylic acids is 1. The number of carboxylic acid groups (broad SMARTS) is 1. The predicted molar refractivity (Wildman–Crippen MR) is 71.7 cm³/mol. The molecular weight excluding hydrogens is 261 g/mol. The fourth-order valence-corrected chi connectivity index (χ4v) is 2.62. The van der Waals surface area contributed by atoms with Gasteiger partial charge in [0.05, 0.1) is 0 Å². The number of rotatable bonds is 5. The minimum Gasteiger partial charge on any atom is -0.479 e. The SMILES string of the molecule is CC(=O)N(C1CC1)C(C)(Cc1ccccc1F)C(=O)O. The Balaban J connectivity index is 2.36. The molecule has 0 aromatic heterocycles. The maximum Gasteiger partial charge on any atom is 0.329 e. The summed E-state index contributed by atoms with van der Waals surface area (Å²) in [5.74, 6) is -1.84. The monoisotopic (exact) mass is 279 g/mol. The van der Waals surface area contributed by atoms with Gasteiger partial charge in [0.25, 0.3) is 0 Å². The lowest BCUT2D eigenvalue weighted by molar-refractivity contribution is -0.158. The zero-order valence-electron chi connectivity index (χ0n) is 11.6. The molecule has 5 heteroatoms. The van der Waals surface area contributed by atoms with Crippen LogP contribution in [0.15, 0.2) is 24.3 Å². The van der Waals surface area contributed by atoms with Crippen LogP contribution in [0.25, 0.3) is 0 Å². The summed E-state index contributed by atoms with van der Waals surface area (Å²) >= 11 is 0. The molecule has 1 amide bonds. The second kappa shape index (κ2) is 5.23. The lowest BCUT2D eigenvalue weighted by atomic mass is 9.90. The molecule has 1 N–H and O–H groups in total. The highest BCUT2D eigenvalue weighted by Crippen LogP contribution is 2.35. The van der Waals surface area contributed by atoms with E-state index in [2.05, 4.69) is 0 Å². The van der Waals surface area contributed by atoms with Gasteiger partial charge in [0, 0.05) is 19.4 Å². The van der Waals surface area contributed by atoms with Crippen LogP contribution in [-0.4, -0.2) is 33.5 Å².